The Morgan fingerprint density at radius 2 is 1.51 bits per heavy atom. The summed E-state index contributed by atoms with van der Waals surface area (Å²) in [6.07, 6.45) is 4.84. The van der Waals surface area contributed by atoms with Crippen molar-refractivity contribution in [1.29, 1.82) is 5.26 Å². The minimum Gasteiger partial charge on any atom is -0.343 e. The van der Waals surface area contributed by atoms with Crippen molar-refractivity contribution in [3.8, 4) is 29.2 Å². The van der Waals surface area contributed by atoms with Crippen LogP contribution in [-0.2, 0) is 6.42 Å². The van der Waals surface area contributed by atoms with Gasteiger partial charge in [-0.05, 0) is 69.1 Å². The minimum atomic E-state index is 0.240. The van der Waals surface area contributed by atoms with Gasteiger partial charge < -0.3 is 20.6 Å². The van der Waals surface area contributed by atoms with Crippen LogP contribution in [0, 0.1) is 23.2 Å². The molecule has 0 saturated carbocycles. The third-order valence-electron chi connectivity index (χ3n) is 6.84. The van der Waals surface area contributed by atoms with Crippen molar-refractivity contribution in [2.24, 2.45) is 0 Å². The lowest BCUT2D eigenvalue weighted by molar-refractivity contribution is 0.611. The first-order valence-corrected chi connectivity index (χ1v) is 12.3. The van der Waals surface area contributed by atoms with E-state index in [1.165, 1.54) is 6.42 Å². The van der Waals surface area contributed by atoms with Gasteiger partial charge in [0, 0.05) is 16.7 Å². The molecule has 4 heterocycles. The Balaban J connectivity index is 1.22. The van der Waals surface area contributed by atoms with Crippen molar-refractivity contribution in [2.75, 3.05) is 13.1 Å². The van der Waals surface area contributed by atoms with Gasteiger partial charge in [-0.1, -0.05) is 24.0 Å². The number of aromatic amines is 2. The Labute approximate surface area is 204 Å². The topological polar surface area (TPSA) is 105 Å². The predicted molar refractivity (Wildman–Crippen MR) is 135 cm³/mol. The summed E-state index contributed by atoms with van der Waals surface area (Å²) in [7, 11) is 0. The lowest BCUT2D eigenvalue weighted by atomic mass is 10.1. The Hall–Kier alpha value is -3.91. The zero-order valence-corrected chi connectivity index (χ0v) is 19.5. The highest BCUT2D eigenvalue weighted by atomic mass is 15.1. The van der Waals surface area contributed by atoms with Gasteiger partial charge in [0.2, 0.25) is 0 Å². The molecule has 2 aliphatic heterocycles. The molecule has 2 fully saturated rings. The van der Waals surface area contributed by atoms with Crippen LogP contribution < -0.4 is 10.6 Å². The Morgan fingerprint density at radius 3 is 2.20 bits per heavy atom. The SMILES string of the molecule is N#CCc1[nH]c(C2CCCN2)nc1-c1ccc(C#Cc2ccc3nc(C4CCCN4)[nH]c3c2)cc1. The smallest absolute Gasteiger partial charge is 0.124 e. The van der Waals surface area contributed by atoms with Gasteiger partial charge in [0.15, 0.2) is 0 Å². The zero-order valence-electron chi connectivity index (χ0n) is 19.5. The Bertz CT molecular complexity index is 1450. The number of imidazole rings is 2. The van der Waals surface area contributed by atoms with Crippen LogP contribution in [0.15, 0.2) is 42.5 Å². The highest BCUT2D eigenvalue weighted by Gasteiger charge is 2.22. The number of hydrogen-bond donors (Lipinski definition) is 4. The van der Waals surface area contributed by atoms with E-state index >= 15 is 0 Å². The third kappa shape index (κ3) is 4.44. The molecule has 7 nitrogen and oxygen atoms in total. The molecule has 0 amide bonds. The van der Waals surface area contributed by atoms with E-state index in [4.69, 9.17) is 9.97 Å². The van der Waals surface area contributed by atoms with Crippen molar-refractivity contribution in [1.82, 2.24) is 30.6 Å². The molecule has 2 atom stereocenters. The van der Waals surface area contributed by atoms with Crippen molar-refractivity contribution < 1.29 is 0 Å². The largest absolute Gasteiger partial charge is 0.343 e. The molecule has 2 saturated heterocycles. The zero-order chi connectivity index (χ0) is 23.6. The molecule has 2 unspecified atom stereocenters. The maximum atomic E-state index is 9.27. The van der Waals surface area contributed by atoms with Gasteiger partial charge in [0.25, 0.3) is 0 Å². The minimum absolute atomic E-state index is 0.240. The lowest BCUT2D eigenvalue weighted by Gasteiger charge is -2.04. The first-order valence-electron chi connectivity index (χ1n) is 12.3. The van der Waals surface area contributed by atoms with E-state index in [2.05, 4.69) is 44.6 Å². The van der Waals surface area contributed by atoms with Gasteiger partial charge in [0.05, 0.1) is 47.0 Å². The predicted octanol–water partition coefficient (Wildman–Crippen LogP) is 4.27. The van der Waals surface area contributed by atoms with Gasteiger partial charge >= 0.3 is 0 Å². The van der Waals surface area contributed by atoms with Crippen LogP contribution in [-0.4, -0.2) is 33.0 Å². The standard InChI is InChI=1S/C28H27N7/c29-14-13-22-26(35-28(33-22)24-4-2-16-31-24)20-10-7-18(8-11-20)5-6-19-9-12-21-25(17-19)34-27(32-21)23-3-1-15-30-23/h7-12,17,23-24,30-31H,1-4,13,15-16H2,(H,32,34)(H,33,35). The van der Waals surface area contributed by atoms with Gasteiger partial charge in [-0.15, -0.1) is 0 Å². The molecule has 2 aromatic carbocycles. The first-order chi connectivity index (χ1) is 17.3. The summed E-state index contributed by atoms with van der Waals surface area (Å²) >= 11 is 0. The second-order valence-corrected chi connectivity index (χ2v) is 9.26. The van der Waals surface area contributed by atoms with Gasteiger partial charge in [-0.2, -0.15) is 5.26 Å². The fourth-order valence-corrected chi connectivity index (χ4v) is 5.00. The fraction of sp³-hybridized carbons (Fsp3) is 0.321. The molecule has 174 valence electrons. The molecule has 2 aromatic heterocycles. The monoisotopic (exact) mass is 461 g/mol. The number of H-pyrrole nitrogens is 2. The maximum absolute atomic E-state index is 9.27. The molecular formula is C28H27N7. The average Bonchev–Trinajstić information content (AvgIpc) is 3.68. The number of hydrogen-bond acceptors (Lipinski definition) is 5. The quantitative estimate of drug-likeness (QED) is 0.340. The van der Waals surface area contributed by atoms with E-state index < -0.39 is 0 Å². The molecule has 35 heavy (non-hydrogen) atoms. The van der Waals surface area contributed by atoms with E-state index in [1.807, 2.05) is 36.4 Å². The number of nitriles is 1. The molecule has 4 aromatic rings. The molecule has 0 spiro atoms. The summed E-state index contributed by atoms with van der Waals surface area (Å²) in [4.78, 5) is 16.4. The van der Waals surface area contributed by atoms with Crippen LogP contribution in [0.3, 0.4) is 0 Å². The van der Waals surface area contributed by atoms with E-state index in [1.54, 1.807) is 0 Å². The number of rotatable bonds is 4. The number of nitrogens with one attached hydrogen (secondary N) is 4. The first kappa shape index (κ1) is 21.6. The maximum Gasteiger partial charge on any atom is 0.124 e. The van der Waals surface area contributed by atoms with Crippen LogP contribution in [0.1, 0.15) is 66.2 Å². The van der Waals surface area contributed by atoms with Crippen molar-refractivity contribution in [3.63, 3.8) is 0 Å². The van der Waals surface area contributed by atoms with Gasteiger partial charge in [0.1, 0.15) is 11.6 Å². The van der Waals surface area contributed by atoms with E-state index in [-0.39, 0.29) is 6.04 Å². The second kappa shape index (κ2) is 9.38. The van der Waals surface area contributed by atoms with Crippen LogP contribution in [0.5, 0.6) is 0 Å². The molecule has 4 N–H and O–H groups in total. The van der Waals surface area contributed by atoms with Gasteiger partial charge in [-0.3, -0.25) is 0 Å². The summed E-state index contributed by atoms with van der Waals surface area (Å²) in [5.74, 6) is 8.48. The summed E-state index contributed by atoms with van der Waals surface area (Å²) in [6.45, 7) is 2.06. The molecule has 6 rings (SSSR count). The normalized spacial score (nSPS) is 19.5. The van der Waals surface area contributed by atoms with Crippen molar-refractivity contribution in [2.45, 2.75) is 44.2 Å². The van der Waals surface area contributed by atoms with E-state index in [9.17, 15) is 5.26 Å². The van der Waals surface area contributed by atoms with Gasteiger partial charge in [-0.25, -0.2) is 9.97 Å². The second-order valence-electron chi connectivity index (χ2n) is 9.26. The van der Waals surface area contributed by atoms with Crippen LogP contribution in [0.25, 0.3) is 22.3 Å². The summed E-state index contributed by atoms with van der Waals surface area (Å²) in [5.41, 5.74) is 6.60. The molecule has 0 radical (unpaired) electrons. The van der Waals surface area contributed by atoms with Crippen molar-refractivity contribution in [3.05, 3.63) is 70.9 Å². The number of fused-ring (bicyclic) bond motifs is 1. The van der Waals surface area contributed by atoms with Crippen LogP contribution in [0.2, 0.25) is 0 Å². The molecule has 0 aliphatic carbocycles. The Morgan fingerprint density at radius 1 is 0.829 bits per heavy atom. The van der Waals surface area contributed by atoms with Crippen molar-refractivity contribution >= 4 is 11.0 Å². The van der Waals surface area contributed by atoms with Crippen LogP contribution in [0.4, 0.5) is 0 Å². The summed E-state index contributed by atoms with van der Waals surface area (Å²) in [6, 6.07) is 17.0. The number of nitrogens with zero attached hydrogens (tertiary/aromatic N) is 3. The molecule has 0 bridgehead atoms. The number of benzene rings is 2. The third-order valence-corrected chi connectivity index (χ3v) is 6.84. The summed E-state index contributed by atoms with van der Waals surface area (Å²) in [5, 5.41) is 16.2. The summed E-state index contributed by atoms with van der Waals surface area (Å²) < 4.78 is 0. The molecule has 2 aliphatic rings. The average molecular weight is 462 g/mol. The van der Waals surface area contributed by atoms with E-state index in [0.717, 1.165) is 83.1 Å². The molecule has 7 heteroatoms. The highest BCUT2D eigenvalue weighted by molar-refractivity contribution is 5.77. The van der Waals surface area contributed by atoms with Crippen LogP contribution >= 0.6 is 0 Å². The number of aromatic nitrogens is 4. The van der Waals surface area contributed by atoms with E-state index in [0.29, 0.717) is 12.5 Å². The lowest BCUT2D eigenvalue weighted by Crippen LogP contribution is -2.14. The molecular weight excluding hydrogens is 434 g/mol. The highest BCUT2D eigenvalue weighted by Crippen LogP contribution is 2.28. The Kier molecular flexibility index (Phi) is 5.79. The fourth-order valence-electron chi connectivity index (χ4n) is 5.00.